The molecule has 0 unspecified atom stereocenters. The van der Waals surface area contributed by atoms with E-state index in [4.69, 9.17) is 0 Å². The quantitative estimate of drug-likeness (QED) is 0.808. The molecule has 1 N–H and O–H groups in total. The Bertz CT molecular complexity index is 598. The van der Waals surface area contributed by atoms with Gasteiger partial charge in [0.15, 0.2) is 0 Å². The molecule has 2 rings (SSSR count). The summed E-state index contributed by atoms with van der Waals surface area (Å²) in [6.07, 6.45) is 8.00. The highest BCUT2D eigenvalue weighted by Crippen LogP contribution is 2.24. The predicted octanol–water partition coefficient (Wildman–Crippen LogP) is 3.88. The topological polar surface area (TPSA) is 62.3 Å². The van der Waals surface area contributed by atoms with Crippen molar-refractivity contribution < 1.29 is 8.42 Å². The first-order valence-electron chi connectivity index (χ1n) is 9.06. The Morgan fingerprint density at radius 3 is 2.25 bits per heavy atom. The van der Waals surface area contributed by atoms with Gasteiger partial charge in [-0.2, -0.15) is 4.31 Å². The van der Waals surface area contributed by atoms with Gasteiger partial charge in [-0.15, -0.1) is 0 Å². The normalized spacial score (nSPS) is 17.0. The first kappa shape index (κ1) is 19.2. The van der Waals surface area contributed by atoms with Crippen LogP contribution < -0.4 is 5.32 Å². The van der Waals surface area contributed by atoms with Crippen LogP contribution in [0.3, 0.4) is 0 Å². The van der Waals surface area contributed by atoms with Crippen molar-refractivity contribution in [2.75, 3.05) is 11.9 Å². The van der Waals surface area contributed by atoms with Gasteiger partial charge in [-0.05, 0) is 58.6 Å². The van der Waals surface area contributed by atoms with E-state index >= 15 is 0 Å². The number of sulfonamides is 1. The molecule has 6 heteroatoms. The number of aromatic nitrogens is 1. The third-order valence-electron chi connectivity index (χ3n) is 4.63. The van der Waals surface area contributed by atoms with Crippen LogP contribution in [-0.4, -0.2) is 36.3 Å². The number of hydrogen-bond donors (Lipinski definition) is 1. The van der Waals surface area contributed by atoms with Gasteiger partial charge in [-0.3, -0.25) is 0 Å². The highest BCUT2D eigenvalue weighted by Gasteiger charge is 2.29. The summed E-state index contributed by atoms with van der Waals surface area (Å²) in [7, 11) is -3.51. The maximum absolute atomic E-state index is 12.8. The molecular formula is C18H31N3O2S. The molecule has 0 amide bonds. The largest absolute Gasteiger partial charge is 0.370 e. The molecule has 24 heavy (non-hydrogen) atoms. The van der Waals surface area contributed by atoms with Crippen molar-refractivity contribution in [2.24, 2.45) is 5.92 Å². The van der Waals surface area contributed by atoms with Crippen LogP contribution >= 0.6 is 0 Å². The minimum atomic E-state index is -3.51. The summed E-state index contributed by atoms with van der Waals surface area (Å²) < 4.78 is 27.1. The Kier molecular flexibility index (Phi) is 6.63. The van der Waals surface area contributed by atoms with Gasteiger partial charge < -0.3 is 5.32 Å². The zero-order chi connectivity index (χ0) is 17.7. The van der Waals surface area contributed by atoms with Gasteiger partial charge in [0.1, 0.15) is 10.7 Å². The molecule has 1 aromatic rings. The molecule has 1 heterocycles. The summed E-state index contributed by atoms with van der Waals surface area (Å²) in [6, 6.07) is 3.26. The summed E-state index contributed by atoms with van der Waals surface area (Å²) >= 11 is 0. The third kappa shape index (κ3) is 4.70. The van der Waals surface area contributed by atoms with E-state index in [1.54, 1.807) is 12.1 Å². The van der Waals surface area contributed by atoms with Crippen LogP contribution in [0.15, 0.2) is 23.2 Å². The van der Waals surface area contributed by atoms with Crippen LogP contribution in [0.25, 0.3) is 0 Å². The molecule has 0 spiro atoms. The fourth-order valence-corrected chi connectivity index (χ4v) is 5.33. The molecule has 1 aliphatic carbocycles. The van der Waals surface area contributed by atoms with E-state index in [2.05, 4.69) is 10.3 Å². The van der Waals surface area contributed by atoms with Crippen molar-refractivity contribution in [3.8, 4) is 0 Å². The van der Waals surface area contributed by atoms with Gasteiger partial charge >= 0.3 is 0 Å². The highest BCUT2D eigenvalue weighted by atomic mass is 32.2. The van der Waals surface area contributed by atoms with Crippen LogP contribution in [0.2, 0.25) is 0 Å². The molecule has 1 aliphatic rings. The van der Waals surface area contributed by atoms with E-state index < -0.39 is 10.0 Å². The predicted molar refractivity (Wildman–Crippen MR) is 98.6 cm³/mol. The zero-order valence-electron chi connectivity index (χ0n) is 15.3. The number of rotatable bonds is 7. The van der Waals surface area contributed by atoms with Crippen molar-refractivity contribution in [1.29, 1.82) is 0 Å². The van der Waals surface area contributed by atoms with Crippen LogP contribution in [0.5, 0.6) is 0 Å². The molecule has 0 aromatic carbocycles. The van der Waals surface area contributed by atoms with E-state index in [-0.39, 0.29) is 17.0 Å². The fraction of sp³-hybridized carbons (Fsp3) is 0.722. The van der Waals surface area contributed by atoms with E-state index in [9.17, 15) is 8.42 Å². The summed E-state index contributed by atoms with van der Waals surface area (Å²) in [5.41, 5.74) is 0. The number of nitrogens with one attached hydrogen (secondary N) is 1. The summed E-state index contributed by atoms with van der Waals surface area (Å²) in [6.45, 7) is 8.50. The molecule has 0 aliphatic heterocycles. The van der Waals surface area contributed by atoms with E-state index in [0.717, 1.165) is 12.4 Å². The smallest absolute Gasteiger partial charge is 0.245 e. The Balaban J connectivity index is 2.04. The van der Waals surface area contributed by atoms with Crippen molar-refractivity contribution >= 4 is 15.8 Å². The number of nitrogens with zero attached hydrogens (tertiary/aromatic N) is 2. The Hall–Kier alpha value is -1.14. The van der Waals surface area contributed by atoms with Crippen molar-refractivity contribution in [2.45, 2.75) is 76.8 Å². The maximum atomic E-state index is 12.8. The van der Waals surface area contributed by atoms with Crippen molar-refractivity contribution in [3.05, 3.63) is 18.3 Å². The Morgan fingerprint density at radius 1 is 1.12 bits per heavy atom. The van der Waals surface area contributed by atoms with Crippen LogP contribution in [0.4, 0.5) is 5.82 Å². The standard InChI is InChI=1S/C18H31N3O2S/c1-14(2)21(15(3)4)24(22,23)17-10-11-18(20-13-17)19-12-16-8-6-5-7-9-16/h10-11,13-16H,5-9,12H2,1-4H3,(H,19,20). The molecule has 0 atom stereocenters. The maximum Gasteiger partial charge on any atom is 0.245 e. The van der Waals surface area contributed by atoms with Crippen LogP contribution in [-0.2, 0) is 10.0 Å². The molecule has 1 fully saturated rings. The lowest BCUT2D eigenvalue weighted by molar-refractivity contribution is 0.302. The lowest BCUT2D eigenvalue weighted by atomic mass is 9.89. The molecular weight excluding hydrogens is 322 g/mol. The second kappa shape index (κ2) is 8.30. The Labute approximate surface area is 146 Å². The number of hydrogen-bond acceptors (Lipinski definition) is 4. The van der Waals surface area contributed by atoms with Gasteiger partial charge in [0.05, 0.1) is 0 Å². The third-order valence-corrected chi connectivity index (χ3v) is 6.86. The van der Waals surface area contributed by atoms with Gasteiger partial charge in [-0.1, -0.05) is 19.3 Å². The van der Waals surface area contributed by atoms with E-state index in [1.165, 1.54) is 42.6 Å². The zero-order valence-corrected chi connectivity index (χ0v) is 16.1. The van der Waals surface area contributed by atoms with Crippen molar-refractivity contribution in [1.82, 2.24) is 9.29 Å². The summed E-state index contributed by atoms with van der Waals surface area (Å²) in [5, 5.41) is 3.35. The van der Waals surface area contributed by atoms with Gasteiger partial charge in [-0.25, -0.2) is 13.4 Å². The second-order valence-corrected chi connectivity index (χ2v) is 9.13. The molecule has 1 aromatic heterocycles. The van der Waals surface area contributed by atoms with Crippen molar-refractivity contribution in [3.63, 3.8) is 0 Å². The highest BCUT2D eigenvalue weighted by molar-refractivity contribution is 7.89. The average Bonchev–Trinajstić information content (AvgIpc) is 2.53. The van der Waals surface area contributed by atoms with Crippen LogP contribution in [0, 0.1) is 5.92 Å². The van der Waals surface area contributed by atoms with Crippen LogP contribution in [0.1, 0.15) is 59.8 Å². The number of anilines is 1. The Morgan fingerprint density at radius 2 is 1.75 bits per heavy atom. The SMILES string of the molecule is CC(C)N(C(C)C)S(=O)(=O)c1ccc(NCC2CCCCC2)nc1. The minimum absolute atomic E-state index is 0.0842. The lowest BCUT2D eigenvalue weighted by Gasteiger charge is -2.29. The second-order valence-electron chi connectivity index (χ2n) is 7.29. The molecule has 0 saturated heterocycles. The summed E-state index contributed by atoms with van der Waals surface area (Å²) in [5.74, 6) is 1.46. The fourth-order valence-electron chi connectivity index (χ4n) is 3.55. The molecule has 0 bridgehead atoms. The average molecular weight is 354 g/mol. The number of pyridine rings is 1. The minimum Gasteiger partial charge on any atom is -0.370 e. The lowest BCUT2D eigenvalue weighted by Crippen LogP contribution is -2.41. The van der Waals surface area contributed by atoms with Gasteiger partial charge in [0.2, 0.25) is 10.0 Å². The van der Waals surface area contributed by atoms with Gasteiger partial charge in [0.25, 0.3) is 0 Å². The van der Waals surface area contributed by atoms with Gasteiger partial charge in [0, 0.05) is 24.8 Å². The monoisotopic (exact) mass is 353 g/mol. The summed E-state index contributed by atoms with van der Waals surface area (Å²) in [4.78, 5) is 4.57. The molecule has 5 nitrogen and oxygen atoms in total. The first-order valence-corrected chi connectivity index (χ1v) is 10.5. The molecule has 136 valence electrons. The first-order chi connectivity index (χ1) is 11.3. The van der Waals surface area contributed by atoms with E-state index in [1.807, 2.05) is 27.7 Å². The molecule has 0 radical (unpaired) electrons. The molecule has 1 saturated carbocycles. The van der Waals surface area contributed by atoms with E-state index in [0.29, 0.717) is 5.92 Å².